The van der Waals surface area contributed by atoms with E-state index < -0.39 is 5.97 Å². The van der Waals surface area contributed by atoms with Crippen LogP contribution in [0.2, 0.25) is 0 Å². The topological polar surface area (TPSA) is 53.0 Å². The van der Waals surface area contributed by atoms with Gasteiger partial charge in [0, 0.05) is 38.3 Å². The maximum absolute atomic E-state index is 10.9. The molecule has 0 radical (unpaired) electrons. The van der Waals surface area contributed by atoms with Crippen LogP contribution in [0.1, 0.15) is 20.3 Å². The lowest BCUT2D eigenvalue weighted by molar-refractivity contribution is -0.140. The van der Waals surface area contributed by atoms with Gasteiger partial charge in [-0.1, -0.05) is 0 Å². The maximum atomic E-state index is 10.9. The summed E-state index contributed by atoms with van der Waals surface area (Å²) in [5.74, 6) is -0.730. The molecule has 0 bridgehead atoms. The number of carbonyl (C=O) groups is 1. The predicted octanol–water partition coefficient (Wildman–Crippen LogP) is 0.502. The molecular weight excluding hydrogens is 220 g/mol. The van der Waals surface area contributed by atoms with E-state index in [-0.39, 0.29) is 18.0 Å². The maximum Gasteiger partial charge on any atom is 0.304 e. The van der Waals surface area contributed by atoms with Gasteiger partial charge in [0.15, 0.2) is 0 Å². The summed E-state index contributed by atoms with van der Waals surface area (Å²) in [6.45, 7) is 7.61. The summed E-state index contributed by atoms with van der Waals surface area (Å²) >= 11 is 0. The van der Waals surface area contributed by atoms with Gasteiger partial charge in [0.05, 0.1) is 13.0 Å². The van der Waals surface area contributed by atoms with Gasteiger partial charge in [-0.25, -0.2) is 0 Å². The van der Waals surface area contributed by atoms with E-state index in [0.717, 1.165) is 19.6 Å². The first-order chi connectivity index (χ1) is 7.86. The number of piperazine rings is 1. The number of carboxylic acids is 1. The third-order valence-electron chi connectivity index (χ3n) is 3.60. The molecule has 17 heavy (non-hydrogen) atoms. The molecule has 1 rings (SSSR count). The van der Waals surface area contributed by atoms with Crippen LogP contribution < -0.4 is 0 Å². The number of aliphatic carboxylic acids is 1. The molecule has 1 unspecified atom stereocenters. The molecule has 1 fully saturated rings. The Morgan fingerprint density at radius 1 is 1.53 bits per heavy atom. The smallest absolute Gasteiger partial charge is 0.304 e. The summed E-state index contributed by atoms with van der Waals surface area (Å²) < 4.78 is 5.08. The molecule has 0 amide bonds. The van der Waals surface area contributed by atoms with Crippen LogP contribution in [0.25, 0.3) is 0 Å². The molecule has 5 heteroatoms. The van der Waals surface area contributed by atoms with Crippen molar-refractivity contribution in [2.75, 3.05) is 40.4 Å². The summed E-state index contributed by atoms with van der Waals surface area (Å²) in [4.78, 5) is 15.3. The Balaban J connectivity index is 2.65. The average Bonchev–Trinajstić information content (AvgIpc) is 2.21. The van der Waals surface area contributed by atoms with Crippen LogP contribution in [0.5, 0.6) is 0 Å². The number of methoxy groups -OCH3 is 1. The van der Waals surface area contributed by atoms with Gasteiger partial charge < -0.3 is 9.84 Å². The summed E-state index contributed by atoms with van der Waals surface area (Å²) in [5, 5.41) is 8.95. The number of hydrogen-bond acceptors (Lipinski definition) is 4. The van der Waals surface area contributed by atoms with Crippen molar-refractivity contribution < 1.29 is 14.6 Å². The van der Waals surface area contributed by atoms with Gasteiger partial charge in [-0.2, -0.15) is 0 Å². The van der Waals surface area contributed by atoms with Crippen molar-refractivity contribution in [2.45, 2.75) is 31.8 Å². The lowest BCUT2D eigenvalue weighted by Gasteiger charge is -2.50. The van der Waals surface area contributed by atoms with Crippen molar-refractivity contribution in [2.24, 2.45) is 0 Å². The highest BCUT2D eigenvalue weighted by Crippen LogP contribution is 2.24. The highest BCUT2D eigenvalue weighted by Gasteiger charge is 2.37. The first-order valence-corrected chi connectivity index (χ1v) is 6.03. The molecule has 1 aliphatic heterocycles. The van der Waals surface area contributed by atoms with Crippen molar-refractivity contribution in [3.63, 3.8) is 0 Å². The van der Waals surface area contributed by atoms with Crippen molar-refractivity contribution in [3.8, 4) is 0 Å². The lowest BCUT2D eigenvalue weighted by Crippen LogP contribution is -2.63. The molecule has 5 nitrogen and oxygen atoms in total. The first-order valence-electron chi connectivity index (χ1n) is 6.03. The third kappa shape index (κ3) is 3.94. The number of nitrogens with zero attached hydrogens (tertiary/aromatic N) is 2. The van der Waals surface area contributed by atoms with E-state index in [4.69, 9.17) is 9.84 Å². The Kier molecular flexibility index (Phi) is 4.91. The van der Waals surface area contributed by atoms with Crippen molar-refractivity contribution in [3.05, 3.63) is 0 Å². The minimum absolute atomic E-state index is 0.00606. The van der Waals surface area contributed by atoms with Crippen molar-refractivity contribution in [1.82, 2.24) is 9.80 Å². The molecule has 0 aromatic carbocycles. The molecule has 1 N–H and O–H groups in total. The van der Waals surface area contributed by atoms with Crippen LogP contribution in [0.15, 0.2) is 0 Å². The summed E-state index contributed by atoms with van der Waals surface area (Å²) in [7, 11) is 3.71. The van der Waals surface area contributed by atoms with E-state index >= 15 is 0 Å². The zero-order valence-electron chi connectivity index (χ0n) is 11.3. The largest absolute Gasteiger partial charge is 0.481 e. The normalized spacial score (nSPS) is 26.0. The minimum Gasteiger partial charge on any atom is -0.481 e. The zero-order chi connectivity index (χ0) is 13.1. The van der Waals surface area contributed by atoms with Crippen molar-refractivity contribution >= 4 is 5.97 Å². The molecule has 0 saturated carbocycles. The SMILES string of the molecule is COCCN1CC(CC(=O)O)N(C)C(C)(C)C1. The van der Waals surface area contributed by atoms with Gasteiger partial charge in [-0.15, -0.1) is 0 Å². The van der Waals surface area contributed by atoms with Gasteiger partial charge >= 0.3 is 5.97 Å². The standard InChI is InChI=1S/C12H24N2O3/c1-12(2)9-14(5-6-17-4)8-10(13(12)3)7-11(15)16/h10H,5-9H2,1-4H3,(H,15,16). The van der Waals surface area contributed by atoms with Crippen LogP contribution in [0, 0.1) is 0 Å². The van der Waals surface area contributed by atoms with Crippen LogP contribution in [-0.4, -0.2) is 72.9 Å². The fourth-order valence-electron chi connectivity index (χ4n) is 2.43. The van der Waals surface area contributed by atoms with Crippen LogP contribution in [0.4, 0.5) is 0 Å². The quantitative estimate of drug-likeness (QED) is 0.763. The van der Waals surface area contributed by atoms with Gasteiger partial charge in [0.25, 0.3) is 0 Å². The second-order valence-electron chi connectivity index (χ2n) is 5.40. The Bertz CT molecular complexity index is 268. The van der Waals surface area contributed by atoms with E-state index in [0.29, 0.717) is 6.61 Å². The predicted molar refractivity (Wildman–Crippen MR) is 66.2 cm³/mol. The average molecular weight is 244 g/mol. The fourth-order valence-corrected chi connectivity index (χ4v) is 2.43. The van der Waals surface area contributed by atoms with E-state index in [9.17, 15) is 4.79 Å². The molecular formula is C12H24N2O3. The number of hydrogen-bond donors (Lipinski definition) is 1. The molecule has 0 aromatic rings. The Morgan fingerprint density at radius 2 is 2.18 bits per heavy atom. The summed E-state index contributed by atoms with van der Waals surface area (Å²) in [5.41, 5.74) is 0.00606. The Labute approximate surface area is 103 Å². The molecule has 0 aromatic heterocycles. The summed E-state index contributed by atoms with van der Waals surface area (Å²) in [6, 6.07) is 0.0770. The fraction of sp³-hybridized carbons (Fsp3) is 0.917. The van der Waals surface area contributed by atoms with E-state index in [2.05, 4.69) is 23.6 Å². The van der Waals surface area contributed by atoms with Gasteiger partial charge in [-0.3, -0.25) is 14.6 Å². The molecule has 1 atom stereocenters. The first kappa shape index (κ1) is 14.4. The molecule has 1 aliphatic rings. The molecule has 0 aliphatic carbocycles. The van der Waals surface area contributed by atoms with Crippen LogP contribution in [0.3, 0.4) is 0 Å². The second-order valence-corrected chi connectivity index (χ2v) is 5.40. The second kappa shape index (κ2) is 5.80. The Hall–Kier alpha value is -0.650. The van der Waals surface area contributed by atoms with E-state index in [1.165, 1.54) is 0 Å². The molecule has 1 heterocycles. The Morgan fingerprint density at radius 3 is 2.71 bits per heavy atom. The van der Waals surface area contributed by atoms with Gasteiger partial charge in [0.2, 0.25) is 0 Å². The minimum atomic E-state index is -0.730. The van der Waals surface area contributed by atoms with E-state index in [1.54, 1.807) is 7.11 Å². The molecule has 0 spiro atoms. The monoisotopic (exact) mass is 244 g/mol. The van der Waals surface area contributed by atoms with Gasteiger partial charge in [-0.05, 0) is 20.9 Å². The number of likely N-dealkylation sites (N-methyl/N-ethyl adjacent to an activating group) is 1. The lowest BCUT2D eigenvalue weighted by atomic mass is 9.94. The number of carboxylic acid groups (broad SMARTS) is 1. The van der Waals surface area contributed by atoms with Crippen molar-refractivity contribution in [1.29, 1.82) is 0 Å². The highest BCUT2D eigenvalue weighted by atomic mass is 16.5. The highest BCUT2D eigenvalue weighted by molar-refractivity contribution is 5.67. The van der Waals surface area contributed by atoms with Crippen LogP contribution in [-0.2, 0) is 9.53 Å². The molecule has 1 saturated heterocycles. The number of ether oxygens (including phenoxy) is 1. The van der Waals surface area contributed by atoms with Crippen LogP contribution >= 0.6 is 0 Å². The molecule has 100 valence electrons. The zero-order valence-corrected chi connectivity index (χ0v) is 11.3. The summed E-state index contributed by atoms with van der Waals surface area (Å²) in [6.07, 6.45) is 0.198. The third-order valence-corrected chi connectivity index (χ3v) is 3.60. The number of rotatable bonds is 5. The van der Waals surface area contributed by atoms with E-state index in [1.807, 2.05) is 7.05 Å². The van der Waals surface area contributed by atoms with Gasteiger partial charge in [0.1, 0.15) is 0 Å².